The zero-order chi connectivity index (χ0) is 21.6. The van der Waals surface area contributed by atoms with Crippen LogP contribution in [0.5, 0.6) is 0 Å². The molecule has 0 bridgehead atoms. The van der Waals surface area contributed by atoms with Gasteiger partial charge >= 0.3 is 0 Å². The first-order chi connectivity index (χ1) is 15.1. The molecule has 2 heterocycles. The van der Waals surface area contributed by atoms with E-state index in [1.54, 1.807) is 0 Å². The van der Waals surface area contributed by atoms with Crippen LogP contribution in [0.2, 0.25) is 0 Å². The van der Waals surface area contributed by atoms with E-state index in [1.807, 2.05) is 24.3 Å². The van der Waals surface area contributed by atoms with Gasteiger partial charge in [0, 0.05) is 37.3 Å². The lowest BCUT2D eigenvalue weighted by atomic mass is 10.2. The van der Waals surface area contributed by atoms with Gasteiger partial charge in [-0.1, -0.05) is 30.3 Å². The maximum atomic E-state index is 6.17. The summed E-state index contributed by atoms with van der Waals surface area (Å²) in [6, 6.07) is 18.6. The van der Waals surface area contributed by atoms with Gasteiger partial charge in [-0.15, -0.1) is 0 Å². The summed E-state index contributed by atoms with van der Waals surface area (Å²) in [7, 11) is 0. The molecule has 3 aromatic rings. The number of aryl methyl sites for hydroxylation is 1. The lowest BCUT2D eigenvalue weighted by Crippen LogP contribution is -2.41. The lowest BCUT2D eigenvalue weighted by molar-refractivity contribution is 0.0365. The summed E-state index contributed by atoms with van der Waals surface area (Å²) in [5.74, 6) is 0.931. The summed E-state index contributed by atoms with van der Waals surface area (Å²) in [6.07, 6.45) is 1.03. The number of furan rings is 1. The van der Waals surface area contributed by atoms with Crippen LogP contribution >= 0.6 is 12.2 Å². The van der Waals surface area contributed by atoms with E-state index in [0.717, 1.165) is 73.3 Å². The molecule has 1 aromatic heterocycles. The molecule has 1 fully saturated rings. The van der Waals surface area contributed by atoms with Crippen molar-refractivity contribution < 1.29 is 9.15 Å². The molecule has 0 radical (unpaired) electrons. The Kier molecular flexibility index (Phi) is 7.22. The van der Waals surface area contributed by atoms with E-state index in [1.165, 1.54) is 5.56 Å². The molecule has 4 rings (SSSR count). The molecule has 2 aromatic carbocycles. The van der Waals surface area contributed by atoms with Crippen molar-refractivity contribution >= 4 is 34.0 Å². The van der Waals surface area contributed by atoms with Crippen molar-refractivity contribution in [2.24, 2.45) is 0 Å². The van der Waals surface area contributed by atoms with Crippen molar-refractivity contribution in [3.05, 3.63) is 65.9 Å². The molecule has 1 aliphatic heterocycles. The molecule has 0 amide bonds. The topological polar surface area (TPSA) is 40.9 Å². The van der Waals surface area contributed by atoms with Gasteiger partial charge in [0.05, 0.1) is 19.3 Å². The average Bonchev–Trinajstić information content (AvgIpc) is 3.21. The van der Waals surface area contributed by atoms with Gasteiger partial charge in [0.25, 0.3) is 0 Å². The summed E-state index contributed by atoms with van der Waals surface area (Å²) in [6.45, 7) is 9.81. The lowest BCUT2D eigenvalue weighted by Gasteiger charge is -2.32. The third-order valence-electron chi connectivity index (χ3n) is 5.83. The molecule has 164 valence electrons. The minimum Gasteiger partial charge on any atom is -0.459 e. The predicted octanol–water partition coefficient (Wildman–Crippen LogP) is 5.22. The van der Waals surface area contributed by atoms with Crippen LogP contribution in [-0.2, 0) is 4.74 Å². The number of nitrogens with zero attached hydrogens (tertiary/aromatic N) is 2. The van der Waals surface area contributed by atoms with Gasteiger partial charge in [-0.25, -0.2) is 0 Å². The normalized spacial score (nSPS) is 15.7. The number of ether oxygens (including phenoxy) is 1. The minimum absolute atomic E-state index is 0.0295. The van der Waals surface area contributed by atoms with Gasteiger partial charge in [-0.05, 0) is 62.3 Å². The standard InChI is InChI=1S/C25H31N3O2S/c1-19-7-5-9-22(17-19)26-25(31)28(12-6-11-27-13-15-29-16-14-27)20(2)24-18-21-8-3-4-10-23(21)30-24/h3-5,7-10,17-18,20H,6,11-16H2,1-2H3,(H,26,31)/t20-/m1/s1. The van der Waals surface area contributed by atoms with Gasteiger partial charge in [0.1, 0.15) is 11.3 Å². The molecule has 0 saturated carbocycles. The molecule has 6 heteroatoms. The largest absolute Gasteiger partial charge is 0.459 e. The van der Waals surface area contributed by atoms with Crippen LogP contribution in [0.4, 0.5) is 5.69 Å². The number of hydrogen-bond donors (Lipinski definition) is 1. The maximum absolute atomic E-state index is 6.17. The maximum Gasteiger partial charge on any atom is 0.174 e. The first-order valence-corrected chi connectivity index (χ1v) is 11.4. The van der Waals surface area contributed by atoms with Crippen LogP contribution in [0.1, 0.15) is 30.7 Å². The Morgan fingerprint density at radius 3 is 2.71 bits per heavy atom. The number of fused-ring (bicyclic) bond motifs is 1. The molecule has 1 N–H and O–H groups in total. The summed E-state index contributed by atoms with van der Waals surface area (Å²) in [4.78, 5) is 4.71. The summed E-state index contributed by atoms with van der Waals surface area (Å²) >= 11 is 5.87. The van der Waals surface area contributed by atoms with Crippen molar-refractivity contribution in [1.82, 2.24) is 9.80 Å². The molecule has 1 saturated heterocycles. The van der Waals surface area contributed by atoms with E-state index in [-0.39, 0.29) is 6.04 Å². The SMILES string of the molecule is Cc1cccc(NC(=S)N(CCCN2CCOCC2)[C@H](C)c2cc3ccccc3o2)c1. The Labute approximate surface area is 190 Å². The molecule has 1 atom stereocenters. The Morgan fingerprint density at radius 1 is 1.13 bits per heavy atom. The minimum atomic E-state index is 0.0295. The first-order valence-electron chi connectivity index (χ1n) is 11.0. The molecule has 31 heavy (non-hydrogen) atoms. The van der Waals surface area contributed by atoms with E-state index in [0.29, 0.717) is 0 Å². The van der Waals surface area contributed by atoms with E-state index >= 15 is 0 Å². The Balaban J connectivity index is 1.49. The summed E-state index contributed by atoms with van der Waals surface area (Å²) in [5.41, 5.74) is 3.13. The Hall–Kier alpha value is -2.41. The van der Waals surface area contributed by atoms with Crippen molar-refractivity contribution in [1.29, 1.82) is 0 Å². The van der Waals surface area contributed by atoms with Gasteiger partial charge in [0.15, 0.2) is 5.11 Å². The van der Waals surface area contributed by atoms with E-state index in [4.69, 9.17) is 21.4 Å². The highest BCUT2D eigenvalue weighted by Gasteiger charge is 2.22. The summed E-state index contributed by atoms with van der Waals surface area (Å²) in [5, 5.41) is 5.28. The smallest absolute Gasteiger partial charge is 0.174 e. The fraction of sp³-hybridized carbons (Fsp3) is 0.400. The number of anilines is 1. The molecular weight excluding hydrogens is 406 g/mol. The van der Waals surface area contributed by atoms with E-state index in [2.05, 4.69) is 59.3 Å². The van der Waals surface area contributed by atoms with Gasteiger partial charge in [0.2, 0.25) is 0 Å². The number of rotatable bonds is 7. The van der Waals surface area contributed by atoms with E-state index < -0.39 is 0 Å². The van der Waals surface area contributed by atoms with Crippen molar-refractivity contribution in [3.8, 4) is 0 Å². The van der Waals surface area contributed by atoms with Crippen molar-refractivity contribution in [2.75, 3.05) is 44.7 Å². The van der Waals surface area contributed by atoms with Crippen LogP contribution in [0.3, 0.4) is 0 Å². The number of hydrogen-bond acceptors (Lipinski definition) is 4. The third-order valence-corrected chi connectivity index (χ3v) is 6.17. The molecular formula is C25H31N3O2S. The Morgan fingerprint density at radius 2 is 1.94 bits per heavy atom. The third kappa shape index (κ3) is 5.64. The number of nitrogens with one attached hydrogen (secondary N) is 1. The highest BCUT2D eigenvalue weighted by atomic mass is 32.1. The zero-order valence-corrected chi connectivity index (χ0v) is 19.2. The number of morpholine rings is 1. The van der Waals surface area contributed by atoms with Crippen molar-refractivity contribution in [2.45, 2.75) is 26.3 Å². The quantitative estimate of drug-likeness (QED) is 0.511. The first kappa shape index (κ1) is 21.8. The summed E-state index contributed by atoms with van der Waals surface area (Å²) < 4.78 is 11.6. The number of benzene rings is 2. The van der Waals surface area contributed by atoms with Crippen LogP contribution in [-0.4, -0.2) is 54.3 Å². The second-order valence-corrected chi connectivity index (χ2v) is 8.55. The molecule has 0 aliphatic carbocycles. The number of para-hydroxylation sites is 1. The molecule has 0 unspecified atom stereocenters. The van der Waals surface area contributed by atoms with Gasteiger partial charge < -0.3 is 19.4 Å². The highest BCUT2D eigenvalue weighted by molar-refractivity contribution is 7.80. The van der Waals surface area contributed by atoms with Crippen LogP contribution in [0.15, 0.2) is 59.0 Å². The zero-order valence-electron chi connectivity index (χ0n) is 18.3. The number of thiocarbonyl (C=S) groups is 1. The van der Waals surface area contributed by atoms with Gasteiger partial charge in [-0.2, -0.15) is 0 Å². The second kappa shape index (κ2) is 10.3. The van der Waals surface area contributed by atoms with Gasteiger partial charge in [-0.3, -0.25) is 4.90 Å². The fourth-order valence-corrected chi connectivity index (χ4v) is 4.41. The van der Waals surface area contributed by atoms with Crippen molar-refractivity contribution in [3.63, 3.8) is 0 Å². The van der Waals surface area contributed by atoms with Crippen LogP contribution in [0, 0.1) is 6.92 Å². The Bertz CT molecular complexity index is 980. The highest BCUT2D eigenvalue weighted by Crippen LogP contribution is 2.28. The monoisotopic (exact) mass is 437 g/mol. The van der Waals surface area contributed by atoms with Crippen LogP contribution in [0.25, 0.3) is 11.0 Å². The predicted molar refractivity (Wildman–Crippen MR) is 131 cm³/mol. The van der Waals surface area contributed by atoms with Crippen LogP contribution < -0.4 is 5.32 Å². The second-order valence-electron chi connectivity index (χ2n) is 8.16. The molecule has 0 spiro atoms. The molecule has 1 aliphatic rings. The molecule has 5 nitrogen and oxygen atoms in total. The van der Waals surface area contributed by atoms with E-state index in [9.17, 15) is 0 Å². The fourth-order valence-electron chi connectivity index (χ4n) is 4.04. The average molecular weight is 438 g/mol.